The maximum atomic E-state index is 13.1. The van der Waals surface area contributed by atoms with Crippen LogP contribution in [-0.2, 0) is 9.47 Å². The van der Waals surface area contributed by atoms with E-state index in [2.05, 4.69) is 22.0 Å². The van der Waals surface area contributed by atoms with E-state index in [1.807, 2.05) is 12.1 Å². The van der Waals surface area contributed by atoms with E-state index >= 15 is 0 Å². The van der Waals surface area contributed by atoms with Crippen LogP contribution in [0.3, 0.4) is 0 Å². The summed E-state index contributed by atoms with van der Waals surface area (Å²) in [5.74, 6) is 0.767. The Morgan fingerprint density at radius 3 is 2.44 bits per heavy atom. The fourth-order valence-electron chi connectivity index (χ4n) is 2.85. The molecule has 0 bridgehead atoms. The van der Waals surface area contributed by atoms with Crippen LogP contribution in [0.15, 0.2) is 29.3 Å². The quantitative estimate of drug-likeness (QED) is 0.248. The van der Waals surface area contributed by atoms with Gasteiger partial charge < -0.3 is 24.6 Å². The molecule has 0 amide bonds. The third-order valence-electron chi connectivity index (χ3n) is 4.25. The van der Waals surface area contributed by atoms with Gasteiger partial charge >= 0.3 is 0 Å². The van der Waals surface area contributed by atoms with Gasteiger partial charge in [-0.1, -0.05) is 0 Å². The van der Waals surface area contributed by atoms with Crippen LogP contribution in [0.5, 0.6) is 0 Å². The van der Waals surface area contributed by atoms with Crippen molar-refractivity contribution in [3.05, 3.63) is 30.1 Å². The first-order valence-electron chi connectivity index (χ1n) is 9.35. The van der Waals surface area contributed by atoms with E-state index in [0.29, 0.717) is 19.8 Å². The van der Waals surface area contributed by atoms with Crippen LogP contribution in [0, 0.1) is 5.82 Å². The molecule has 8 heteroatoms. The Kier molecular flexibility index (Phi) is 12.4. The smallest absolute Gasteiger partial charge is 0.194 e. The second-order valence-corrected chi connectivity index (χ2v) is 6.14. The minimum absolute atomic E-state index is 0. The van der Waals surface area contributed by atoms with E-state index in [4.69, 9.17) is 14.5 Å². The number of benzene rings is 1. The Morgan fingerprint density at radius 1 is 1.11 bits per heavy atom. The number of hydrogen-bond acceptors (Lipinski definition) is 4. The number of nitrogens with zero attached hydrogens (tertiary/aromatic N) is 3. The lowest BCUT2D eigenvalue weighted by Gasteiger charge is -2.37. The van der Waals surface area contributed by atoms with Crippen LogP contribution in [0.4, 0.5) is 10.1 Å². The third-order valence-corrected chi connectivity index (χ3v) is 4.25. The molecule has 1 heterocycles. The molecule has 1 N–H and O–H groups in total. The summed E-state index contributed by atoms with van der Waals surface area (Å²) in [7, 11) is 1.67. The van der Waals surface area contributed by atoms with E-state index in [0.717, 1.165) is 57.3 Å². The minimum Gasteiger partial charge on any atom is -0.382 e. The molecule has 1 aromatic rings. The van der Waals surface area contributed by atoms with Gasteiger partial charge in [0.1, 0.15) is 5.82 Å². The topological polar surface area (TPSA) is 49.3 Å². The Balaban J connectivity index is 0.00000364. The highest BCUT2D eigenvalue weighted by atomic mass is 127. The van der Waals surface area contributed by atoms with Gasteiger partial charge in [-0.15, -0.1) is 24.0 Å². The number of piperazine rings is 1. The minimum atomic E-state index is -0.194. The molecule has 0 aromatic heterocycles. The van der Waals surface area contributed by atoms with Crippen molar-refractivity contribution >= 4 is 35.6 Å². The number of anilines is 1. The maximum absolute atomic E-state index is 13.1. The number of rotatable bonds is 9. The summed E-state index contributed by atoms with van der Waals surface area (Å²) in [4.78, 5) is 9.28. The first kappa shape index (κ1) is 23.9. The molecule has 0 unspecified atom stereocenters. The lowest BCUT2D eigenvalue weighted by Crippen LogP contribution is -2.52. The molecule has 2 rings (SSSR count). The predicted molar refractivity (Wildman–Crippen MR) is 119 cm³/mol. The number of nitrogens with one attached hydrogen (secondary N) is 1. The summed E-state index contributed by atoms with van der Waals surface area (Å²) in [5, 5.41) is 3.37. The Morgan fingerprint density at radius 2 is 1.81 bits per heavy atom. The highest BCUT2D eigenvalue weighted by molar-refractivity contribution is 14.0. The van der Waals surface area contributed by atoms with Crippen LogP contribution in [-0.4, -0.2) is 77.1 Å². The molecule has 1 aromatic carbocycles. The molecular weight excluding hydrogens is 462 g/mol. The Labute approximate surface area is 179 Å². The van der Waals surface area contributed by atoms with Gasteiger partial charge in [0.2, 0.25) is 0 Å². The number of ether oxygens (including phenoxy) is 2. The van der Waals surface area contributed by atoms with Gasteiger partial charge in [-0.3, -0.25) is 4.99 Å². The molecule has 1 aliphatic rings. The van der Waals surface area contributed by atoms with Crippen LogP contribution < -0.4 is 10.2 Å². The van der Waals surface area contributed by atoms with Crippen molar-refractivity contribution in [3.63, 3.8) is 0 Å². The highest BCUT2D eigenvalue weighted by Crippen LogP contribution is 2.16. The molecule has 27 heavy (non-hydrogen) atoms. The summed E-state index contributed by atoms with van der Waals surface area (Å²) in [6, 6.07) is 6.71. The van der Waals surface area contributed by atoms with Gasteiger partial charge in [0.15, 0.2) is 5.96 Å². The molecular formula is C19H32FIN4O2. The largest absolute Gasteiger partial charge is 0.382 e. The summed E-state index contributed by atoms with van der Waals surface area (Å²) in [6.07, 6.45) is 0.897. The number of methoxy groups -OCH3 is 1. The second-order valence-electron chi connectivity index (χ2n) is 6.14. The van der Waals surface area contributed by atoms with E-state index in [9.17, 15) is 4.39 Å². The molecule has 0 aliphatic carbocycles. The maximum Gasteiger partial charge on any atom is 0.194 e. The predicted octanol–water partition coefficient (Wildman–Crippen LogP) is 2.58. The zero-order valence-electron chi connectivity index (χ0n) is 16.3. The van der Waals surface area contributed by atoms with E-state index in [1.54, 1.807) is 7.11 Å². The molecule has 1 aliphatic heterocycles. The van der Waals surface area contributed by atoms with E-state index in [1.165, 1.54) is 12.1 Å². The average molecular weight is 494 g/mol. The monoisotopic (exact) mass is 494 g/mol. The number of guanidine groups is 1. The Bertz CT molecular complexity index is 537. The number of halogens is 2. The summed E-state index contributed by atoms with van der Waals surface area (Å²) in [5.41, 5.74) is 1.07. The molecule has 1 saturated heterocycles. The first-order valence-corrected chi connectivity index (χ1v) is 9.35. The Hall–Kier alpha value is -1.13. The summed E-state index contributed by atoms with van der Waals surface area (Å²) >= 11 is 0. The molecule has 154 valence electrons. The van der Waals surface area contributed by atoms with Gasteiger partial charge in [0.05, 0.1) is 13.2 Å². The fourth-order valence-corrected chi connectivity index (χ4v) is 2.85. The molecule has 0 atom stereocenters. The van der Waals surface area contributed by atoms with Crippen LogP contribution >= 0.6 is 24.0 Å². The van der Waals surface area contributed by atoms with Gasteiger partial charge in [0.25, 0.3) is 0 Å². The normalized spacial score (nSPS) is 14.9. The zero-order chi connectivity index (χ0) is 18.6. The van der Waals surface area contributed by atoms with Gasteiger partial charge in [-0.2, -0.15) is 0 Å². The average Bonchev–Trinajstić information content (AvgIpc) is 2.67. The van der Waals surface area contributed by atoms with Crippen molar-refractivity contribution in [3.8, 4) is 0 Å². The SMILES string of the molecule is CCNC(=NCCCOCCOC)N1CCN(c2ccc(F)cc2)CC1.I. The standard InChI is InChI=1S/C19H31FN4O2.HI/c1-3-21-19(22-9-4-14-26-16-15-25-2)24-12-10-23(11-13-24)18-7-5-17(20)6-8-18;/h5-8H,3-4,9-16H2,1-2H3,(H,21,22);1H. The third kappa shape index (κ3) is 8.61. The van der Waals surface area contributed by atoms with E-state index in [-0.39, 0.29) is 29.8 Å². The molecule has 0 radical (unpaired) electrons. The number of aliphatic imine (C=N–C) groups is 1. The van der Waals surface area contributed by atoms with Crippen molar-refractivity contribution in [2.24, 2.45) is 4.99 Å². The fraction of sp³-hybridized carbons (Fsp3) is 0.632. The number of hydrogen-bond donors (Lipinski definition) is 1. The summed E-state index contributed by atoms with van der Waals surface area (Å²) in [6.45, 7) is 9.22. The molecule has 0 saturated carbocycles. The molecule has 6 nitrogen and oxygen atoms in total. The zero-order valence-corrected chi connectivity index (χ0v) is 18.7. The van der Waals surface area contributed by atoms with Crippen LogP contribution in [0.25, 0.3) is 0 Å². The van der Waals surface area contributed by atoms with Crippen LogP contribution in [0.1, 0.15) is 13.3 Å². The highest BCUT2D eigenvalue weighted by Gasteiger charge is 2.19. The van der Waals surface area contributed by atoms with Crippen LogP contribution in [0.2, 0.25) is 0 Å². The lowest BCUT2D eigenvalue weighted by molar-refractivity contribution is 0.0702. The molecule has 0 spiro atoms. The van der Waals surface area contributed by atoms with Crippen molar-refractivity contribution < 1.29 is 13.9 Å². The summed E-state index contributed by atoms with van der Waals surface area (Å²) < 4.78 is 23.5. The van der Waals surface area contributed by atoms with Crippen molar-refractivity contribution in [2.45, 2.75) is 13.3 Å². The van der Waals surface area contributed by atoms with Crippen molar-refractivity contribution in [1.29, 1.82) is 0 Å². The van der Waals surface area contributed by atoms with Gasteiger partial charge in [-0.05, 0) is 37.6 Å². The van der Waals surface area contributed by atoms with Crippen molar-refractivity contribution in [2.75, 3.05) is 71.1 Å². The van der Waals surface area contributed by atoms with Gasteiger partial charge in [-0.25, -0.2) is 4.39 Å². The second kappa shape index (κ2) is 14.0. The van der Waals surface area contributed by atoms with Crippen molar-refractivity contribution in [1.82, 2.24) is 10.2 Å². The van der Waals surface area contributed by atoms with Gasteiger partial charge in [0, 0.05) is 58.7 Å². The lowest BCUT2D eigenvalue weighted by atomic mass is 10.2. The van der Waals surface area contributed by atoms with E-state index < -0.39 is 0 Å². The first-order chi connectivity index (χ1) is 12.7. The molecule has 1 fully saturated rings.